The van der Waals surface area contributed by atoms with Gasteiger partial charge >= 0.3 is 0 Å². The summed E-state index contributed by atoms with van der Waals surface area (Å²) < 4.78 is 7.44. The Morgan fingerprint density at radius 1 is 1.30 bits per heavy atom. The van der Waals surface area contributed by atoms with Crippen LogP contribution in [0.5, 0.6) is 0 Å². The largest absolute Gasteiger partial charge is 0.454 e. The van der Waals surface area contributed by atoms with Gasteiger partial charge < -0.3 is 19.3 Å². The summed E-state index contributed by atoms with van der Waals surface area (Å²) in [6.07, 6.45) is 5.89. The van der Waals surface area contributed by atoms with E-state index in [4.69, 9.17) is 4.42 Å². The predicted octanol–water partition coefficient (Wildman–Crippen LogP) is 0.971. The Labute approximate surface area is 157 Å². The lowest BCUT2D eigenvalue weighted by Crippen LogP contribution is -2.51. The van der Waals surface area contributed by atoms with Crippen LogP contribution in [0.4, 0.5) is 0 Å². The summed E-state index contributed by atoms with van der Waals surface area (Å²) in [6.45, 7) is 2.46. The smallest absolute Gasteiger partial charge is 0.289 e. The van der Waals surface area contributed by atoms with Crippen molar-refractivity contribution in [1.82, 2.24) is 19.6 Å². The molecule has 1 atom stereocenters. The standard InChI is InChI=1S/C19H24N4O4/c24-12-11-21-8-1-5-19(18(21)26)6-10-22(14-19)17(25)16-4-3-15(27-16)13-23-9-2-7-20-23/h2-4,7,9,24H,1,5-6,8,10-14H2/t19-/m0/s1. The molecule has 2 fully saturated rings. The number of piperidine rings is 1. The van der Waals surface area contributed by atoms with Crippen LogP contribution in [0.25, 0.3) is 0 Å². The molecule has 8 nitrogen and oxygen atoms in total. The van der Waals surface area contributed by atoms with Crippen molar-refractivity contribution in [3.05, 3.63) is 42.1 Å². The van der Waals surface area contributed by atoms with Gasteiger partial charge in [-0.05, 0) is 37.5 Å². The van der Waals surface area contributed by atoms with E-state index in [1.165, 1.54) is 0 Å². The van der Waals surface area contributed by atoms with Crippen molar-refractivity contribution in [3.8, 4) is 0 Å². The number of furan rings is 1. The molecule has 0 saturated carbocycles. The fourth-order valence-corrected chi connectivity index (χ4v) is 4.20. The summed E-state index contributed by atoms with van der Waals surface area (Å²) in [6, 6.07) is 5.31. The number of carbonyl (C=O) groups excluding carboxylic acids is 2. The van der Waals surface area contributed by atoms with Crippen LogP contribution in [0.2, 0.25) is 0 Å². The minimum absolute atomic E-state index is 0.0319. The van der Waals surface area contributed by atoms with Gasteiger partial charge in [-0.3, -0.25) is 14.3 Å². The average molecular weight is 372 g/mol. The molecule has 0 aromatic carbocycles. The van der Waals surface area contributed by atoms with Crippen LogP contribution in [-0.4, -0.2) is 69.3 Å². The van der Waals surface area contributed by atoms with E-state index < -0.39 is 5.41 Å². The lowest BCUT2D eigenvalue weighted by atomic mass is 9.78. The first-order chi connectivity index (χ1) is 13.1. The minimum atomic E-state index is -0.506. The highest BCUT2D eigenvalue weighted by Crippen LogP contribution is 2.40. The molecule has 4 heterocycles. The second kappa shape index (κ2) is 7.19. The van der Waals surface area contributed by atoms with Crippen LogP contribution >= 0.6 is 0 Å². The third-order valence-electron chi connectivity index (χ3n) is 5.58. The number of aromatic nitrogens is 2. The molecule has 1 N–H and O–H groups in total. The fraction of sp³-hybridized carbons (Fsp3) is 0.526. The van der Waals surface area contributed by atoms with Gasteiger partial charge in [0.15, 0.2) is 5.76 Å². The van der Waals surface area contributed by atoms with Crippen LogP contribution in [0.15, 0.2) is 35.0 Å². The predicted molar refractivity (Wildman–Crippen MR) is 95.9 cm³/mol. The van der Waals surface area contributed by atoms with Gasteiger partial charge in [-0.25, -0.2) is 0 Å². The van der Waals surface area contributed by atoms with Crippen molar-refractivity contribution in [2.75, 3.05) is 32.8 Å². The number of aliphatic hydroxyl groups is 1. The van der Waals surface area contributed by atoms with E-state index in [0.29, 0.717) is 50.7 Å². The Hall–Kier alpha value is -2.61. The van der Waals surface area contributed by atoms with Gasteiger partial charge in [0.25, 0.3) is 5.91 Å². The molecule has 0 unspecified atom stereocenters. The van der Waals surface area contributed by atoms with Crippen molar-refractivity contribution in [2.45, 2.75) is 25.8 Å². The number of nitrogens with zero attached hydrogens (tertiary/aromatic N) is 4. The monoisotopic (exact) mass is 372 g/mol. The molecule has 2 aliphatic rings. The number of amides is 2. The quantitative estimate of drug-likeness (QED) is 0.844. The van der Waals surface area contributed by atoms with E-state index in [-0.39, 0.29) is 18.4 Å². The number of β-amino-alcohol motifs (C(OH)–C–C–N with tert-alkyl or cyclic N) is 1. The third-order valence-corrected chi connectivity index (χ3v) is 5.58. The molecule has 2 aromatic heterocycles. The van der Waals surface area contributed by atoms with Gasteiger partial charge in [0.1, 0.15) is 5.76 Å². The molecule has 2 aromatic rings. The van der Waals surface area contributed by atoms with E-state index in [0.717, 1.165) is 12.8 Å². The lowest BCUT2D eigenvalue weighted by Gasteiger charge is -2.39. The Kier molecular flexibility index (Phi) is 4.73. The van der Waals surface area contributed by atoms with Crippen molar-refractivity contribution in [2.24, 2.45) is 5.41 Å². The molecule has 144 valence electrons. The molecule has 4 rings (SSSR count). The van der Waals surface area contributed by atoms with Crippen LogP contribution in [0, 0.1) is 5.41 Å². The van der Waals surface area contributed by atoms with Crippen molar-refractivity contribution >= 4 is 11.8 Å². The second-order valence-electron chi connectivity index (χ2n) is 7.35. The second-order valence-corrected chi connectivity index (χ2v) is 7.35. The number of carbonyl (C=O) groups is 2. The van der Waals surface area contributed by atoms with Crippen molar-refractivity contribution in [1.29, 1.82) is 0 Å². The molecule has 1 spiro atoms. The SMILES string of the molecule is O=C(c1ccc(Cn2cccn2)o1)N1CC[C@@]2(CCCN(CCO)C2=O)C1. The molecule has 8 heteroatoms. The zero-order valence-electron chi connectivity index (χ0n) is 15.2. The maximum Gasteiger partial charge on any atom is 0.289 e. The van der Waals surface area contributed by atoms with Crippen molar-refractivity contribution in [3.63, 3.8) is 0 Å². The lowest BCUT2D eigenvalue weighted by molar-refractivity contribution is -0.146. The molecular formula is C19H24N4O4. The Bertz CT molecular complexity index is 814. The zero-order valence-corrected chi connectivity index (χ0v) is 15.2. The number of likely N-dealkylation sites (tertiary alicyclic amines) is 2. The summed E-state index contributed by atoms with van der Waals surface area (Å²) in [5.74, 6) is 0.853. The van der Waals surface area contributed by atoms with E-state index in [1.807, 2.05) is 12.3 Å². The topological polar surface area (TPSA) is 91.8 Å². The molecule has 2 amide bonds. The first-order valence-electron chi connectivity index (χ1n) is 9.37. The number of rotatable bonds is 5. The molecule has 27 heavy (non-hydrogen) atoms. The maximum atomic E-state index is 12.9. The molecule has 2 saturated heterocycles. The van der Waals surface area contributed by atoms with Crippen LogP contribution in [0.1, 0.15) is 35.6 Å². The number of aliphatic hydroxyl groups excluding tert-OH is 1. The average Bonchev–Trinajstić information content (AvgIpc) is 3.41. The van der Waals surface area contributed by atoms with Crippen molar-refractivity contribution < 1.29 is 19.1 Å². The Balaban J connectivity index is 1.43. The maximum absolute atomic E-state index is 12.9. The van der Waals surface area contributed by atoms with Gasteiger partial charge in [0.2, 0.25) is 5.91 Å². The summed E-state index contributed by atoms with van der Waals surface area (Å²) in [5, 5.41) is 13.3. The van der Waals surface area contributed by atoms with Crippen LogP contribution in [-0.2, 0) is 11.3 Å². The summed E-state index contributed by atoms with van der Waals surface area (Å²) >= 11 is 0. The molecule has 0 radical (unpaired) electrons. The third kappa shape index (κ3) is 3.37. The van der Waals surface area contributed by atoms with E-state index in [2.05, 4.69) is 5.10 Å². The van der Waals surface area contributed by atoms with Crippen LogP contribution in [0.3, 0.4) is 0 Å². The highest BCUT2D eigenvalue weighted by atomic mass is 16.4. The number of hydrogen-bond acceptors (Lipinski definition) is 5. The van der Waals surface area contributed by atoms with Gasteiger partial charge in [0, 0.05) is 38.6 Å². The van der Waals surface area contributed by atoms with Gasteiger partial charge in [0.05, 0.1) is 18.6 Å². The first-order valence-corrected chi connectivity index (χ1v) is 9.37. The van der Waals surface area contributed by atoms with Gasteiger partial charge in [-0.1, -0.05) is 0 Å². The first kappa shape index (κ1) is 17.8. The van der Waals surface area contributed by atoms with E-state index >= 15 is 0 Å². The summed E-state index contributed by atoms with van der Waals surface area (Å²) in [7, 11) is 0. The summed E-state index contributed by atoms with van der Waals surface area (Å²) in [5.41, 5.74) is -0.506. The molecule has 0 bridgehead atoms. The molecule has 2 aliphatic heterocycles. The normalized spacial score (nSPS) is 22.8. The summed E-state index contributed by atoms with van der Waals surface area (Å²) in [4.78, 5) is 29.2. The fourth-order valence-electron chi connectivity index (χ4n) is 4.20. The van der Waals surface area contributed by atoms with Gasteiger partial charge in [-0.2, -0.15) is 5.10 Å². The Morgan fingerprint density at radius 2 is 2.19 bits per heavy atom. The van der Waals surface area contributed by atoms with E-state index in [1.54, 1.807) is 32.8 Å². The highest BCUT2D eigenvalue weighted by Gasteiger charge is 2.49. The minimum Gasteiger partial charge on any atom is -0.454 e. The Morgan fingerprint density at radius 3 is 2.96 bits per heavy atom. The van der Waals surface area contributed by atoms with Crippen LogP contribution < -0.4 is 0 Å². The molecule has 0 aliphatic carbocycles. The number of hydrogen-bond donors (Lipinski definition) is 1. The van der Waals surface area contributed by atoms with Gasteiger partial charge in [-0.15, -0.1) is 0 Å². The molecular weight excluding hydrogens is 348 g/mol. The van der Waals surface area contributed by atoms with E-state index in [9.17, 15) is 14.7 Å². The highest BCUT2D eigenvalue weighted by molar-refractivity contribution is 5.93. The zero-order chi connectivity index (χ0) is 18.9.